The normalized spacial score (nSPS) is 14.8. The van der Waals surface area contributed by atoms with Gasteiger partial charge in [0.1, 0.15) is 24.2 Å². The van der Waals surface area contributed by atoms with Crippen LogP contribution in [0.2, 0.25) is 0 Å². The molecule has 0 spiro atoms. The molecule has 174 valence electrons. The number of benzene rings is 1. The maximum absolute atomic E-state index is 12.7. The first kappa shape index (κ1) is 24.8. The summed E-state index contributed by atoms with van der Waals surface area (Å²) in [5, 5.41) is 35.3. The lowest BCUT2D eigenvalue weighted by molar-refractivity contribution is -0.141. The summed E-state index contributed by atoms with van der Waals surface area (Å²) in [7, 11) is 0. The van der Waals surface area contributed by atoms with E-state index in [1.54, 1.807) is 6.20 Å². The van der Waals surface area contributed by atoms with Crippen LogP contribution in [0.4, 0.5) is 0 Å². The number of aliphatic carboxylic acids is 1. The van der Waals surface area contributed by atoms with Crippen LogP contribution in [0.1, 0.15) is 12.5 Å². The van der Waals surface area contributed by atoms with Crippen LogP contribution < -0.4 is 21.7 Å². The zero-order chi connectivity index (χ0) is 23.8. The monoisotopic (exact) mass is 449 g/mol. The molecule has 1 aromatic heterocycles. The first-order chi connectivity index (χ1) is 15.2. The molecule has 0 saturated heterocycles. The van der Waals surface area contributed by atoms with E-state index in [0.29, 0.717) is 5.56 Å². The van der Waals surface area contributed by atoms with Crippen molar-refractivity contribution in [1.82, 2.24) is 20.9 Å². The SMILES string of the molecule is CC(NC(=O)C(Cc1c[nH]c2ccccc12)NC(=O)C(CO)NC(=O)C(N)CO)C(=O)O. The molecular weight excluding hydrogens is 422 g/mol. The van der Waals surface area contributed by atoms with Crippen LogP contribution in [0.3, 0.4) is 0 Å². The van der Waals surface area contributed by atoms with Crippen molar-refractivity contribution >= 4 is 34.6 Å². The number of aromatic nitrogens is 1. The topological polar surface area (TPSA) is 207 Å². The Balaban J connectivity index is 2.23. The van der Waals surface area contributed by atoms with Crippen LogP contribution >= 0.6 is 0 Å². The lowest BCUT2D eigenvalue weighted by Crippen LogP contribution is -2.58. The van der Waals surface area contributed by atoms with Crippen LogP contribution in [0.15, 0.2) is 30.5 Å². The molecule has 12 nitrogen and oxygen atoms in total. The molecule has 0 saturated carbocycles. The van der Waals surface area contributed by atoms with E-state index in [1.165, 1.54) is 6.92 Å². The first-order valence-electron chi connectivity index (χ1n) is 9.84. The van der Waals surface area contributed by atoms with E-state index in [4.69, 9.17) is 15.9 Å². The number of fused-ring (bicyclic) bond motifs is 1. The van der Waals surface area contributed by atoms with E-state index in [1.807, 2.05) is 24.3 Å². The number of aromatic amines is 1. The van der Waals surface area contributed by atoms with Crippen molar-refractivity contribution in [2.45, 2.75) is 37.5 Å². The van der Waals surface area contributed by atoms with Gasteiger partial charge in [-0.05, 0) is 18.6 Å². The third-order valence-corrected chi connectivity index (χ3v) is 4.81. The second kappa shape index (κ2) is 11.2. The lowest BCUT2D eigenvalue weighted by Gasteiger charge is -2.23. The third kappa shape index (κ3) is 6.26. The lowest BCUT2D eigenvalue weighted by atomic mass is 10.0. The molecule has 12 heteroatoms. The van der Waals surface area contributed by atoms with Crippen molar-refractivity contribution in [2.24, 2.45) is 5.73 Å². The van der Waals surface area contributed by atoms with E-state index >= 15 is 0 Å². The molecule has 3 amide bonds. The van der Waals surface area contributed by atoms with Gasteiger partial charge in [-0.25, -0.2) is 0 Å². The average molecular weight is 449 g/mol. The number of hydrogen-bond donors (Lipinski definition) is 8. The molecule has 32 heavy (non-hydrogen) atoms. The third-order valence-electron chi connectivity index (χ3n) is 4.81. The molecule has 1 heterocycles. The van der Waals surface area contributed by atoms with E-state index in [0.717, 1.165) is 10.9 Å². The highest BCUT2D eigenvalue weighted by molar-refractivity contribution is 5.94. The Labute approximate surface area is 183 Å². The summed E-state index contributed by atoms with van der Waals surface area (Å²) < 4.78 is 0. The molecule has 0 fully saturated rings. The molecule has 0 aliphatic carbocycles. The van der Waals surface area contributed by atoms with Gasteiger partial charge in [-0.2, -0.15) is 0 Å². The minimum absolute atomic E-state index is 0.0101. The van der Waals surface area contributed by atoms with Crippen LogP contribution in [0.5, 0.6) is 0 Å². The number of carboxylic acid groups (broad SMARTS) is 1. The van der Waals surface area contributed by atoms with Crippen molar-refractivity contribution < 1.29 is 34.5 Å². The molecule has 9 N–H and O–H groups in total. The first-order valence-corrected chi connectivity index (χ1v) is 9.84. The van der Waals surface area contributed by atoms with Crippen molar-refractivity contribution in [3.63, 3.8) is 0 Å². The molecule has 0 aliphatic heterocycles. The molecule has 0 bridgehead atoms. The summed E-state index contributed by atoms with van der Waals surface area (Å²) in [4.78, 5) is 51.4. The fourth-order valence-electron chi connectivity index (χ4n) is 2.93. The number of carbonyl (C=O) groups is 4. The average Bonchev–Trinajstić information content (AvgIpc) is 3.18. The summed E-state index contributed by atoms with van der Waals surface area (Å²) in [6.07, 6.45) is 1.68. The molecule has 2 aromatic rings. The van der Waals surface area contributed by atoms with Gasteiger partial charge in [0.2, 0.25) is 17.7 Å². The second-order valence-corrected chi connectivity index (χ2v) is 7.23. The quantitative estimate of drug-likeness (QED) is 0.185. The van der Waals surface area contributed by atoms with E-state index in [9.17, 15) is 24.3 Å². The minimum Gasteiger partial charge on any atom is -0.480 e. The number of nitrogens with one attached hydrogen (secondary N) is 4. The number of hydrogen-bond acceptors (Lipinski definition) is 7. The van der Waals surface area contributed by atoms with Gasteiger partial charge < -0.3 is 42.0 Å². The molecule has 4 atom stereocenters. The molecule has 4 unspecified atom stereocenters. The van der Waals surface area contributed by atoms with Gasteiger partial charge in [-0.1, -0.05) is 18.2 Å². The Kier molecular flexibility index (Phi) is 8.70. The van der Waals surface area contributed by atoms with E-state index in [2.05, 4.69) is 20.9 Å². The Bertz CT molecular complexity index is 976. The van der Waals surface area contributed by atoms with E-state index < -0.39 is 61.1 Å². The second-order valence-electron chi connectivity index (χ2n) is 7.23. The fraction of sp³-hybridized carbons (Fsp3) is 0.400. The number of amides is 3. The highest BCUT2D eigenvalue weighted by Crippen LogP contribution is 2.19. The van der Waals surface area contributed by atoms with Crippen LogP contribution in [0, 0.1) is 0 Å². The standard InChI is InChI=1S/C20H27N5O7/c1-10(20(31)32)23-18(29)15(6-11-7-22-14-5-3-2-4-12(11)14)24-19(30)16(9-27)25-17(28)13(21)8-26/h2-5,7,10,13,15-16,22,26-27H,6,8-9,21H2,1H3,(H,23,29)(H,24,30)(H,25,28)(H,31,32). The van der Waals surface area contributed by atoms with Crippen LogP contribution in [-0.4, -0.2) is 81.4 Å². The van der Waals surface area contributed by atoms with Gasteiger partial charge in [-0.15, -0.1) is 0 Å². The summed E-state index contributed by atoms with van der Waals surface area (Å²) in [6.45, 7) is -0.176. The summed E-state index contributed by atoms with van der Waals surface area (Å²) in [5.74, 6) is -3.75. The molecule has 0 aliphatic rings. The number of carboxylic acids is 1. The fourth-order valence-corrected chi connectivity index (χ4v) is 2.93. The van der Waals surface area contributed by atoms with Gasteiger partial charge in [-0.3, -0.25) is 19.2 Å². The number of aliphatic hydroxyl groups is 2. The number of nitrogens with two attached hydrogens (primary N) is 1. The summed E-state index contributed by atoms with van der Waals surface area (Å²) in [6, 6.07) is 2.15. The maximum atomic E-state index is 12.7. The zero-order valence-electron chi connectivity index (χ0n) is 17.4. The van der Waals surface area contributed by atoms with Crippen molar-refractivity contribution in [3.05, 3.63) is 36.0 Å². The Morgan fingerprint density at radius 1 is 0.969 bits per heavy atom. The minimum atomic E-state index is -1.43. The predicted molar refractivity (Wildman–Crippen MR) is 113 cm³/mol. The number of para-hydroxylation sites is 1. The van der Waals surface area contributed by atoms with Gasteiger partial charge in [0, 0.05) is 23.5 Å². The number of carbonyl (C=O) groups excluding carboxylic acids is 3. The predicted octanol–water partition coefficient (Wildman–Crippen LogP) is -2.42. The smallest absolute Gasteiger partial charge is 0.325 e. The zero-order valence-corrected chi connectivity index (χ0v) is 17.4. The Morgan fingerprint density at radius 3 is 2.22 bits per heavy atom. The van der Waals surface area contributed by atoms with Crippen LogP contribution in [0.25, 0.3) is 10.9 Å². The van der Waals surface area contributed by atoms with Crippen molar-refractivity contribution in [3.8, 4) is 0 Å². The molecule has 2 rings (SSSR count). The van der Waals surface area contributed by atoms with Gasteiger partial charge >= 0.3 is 5.97 Å². The molecule has 0 radical (unpaired) electrons. The highest BCUT2D eigenvalue weighted by atomic mass is 16.4. The summed E-state index contributed by atoms with van der Waals surface area (Å²) in [5.41, 5.74) is 6.90. The van der Waals surface area contributed by atoms with E-state index in [-0.39, 0.29) is 6.42 Å². The molecule has 1 aromatic carbocycles. The van der Waals surface area contributed by atoms with Gasteiger partial charge in [0.15, 0.2) is 0 Å². The molecular formula is C20H27N5O7. The maximum Gasteiger partial charge on any atom is 0.325 e. The summed E-state index contributed by atoms with van der Waals surface area (Å²) >= 11 is 0. The largest absolute Gasteiger partial charge is 0.480 e. The number of rotatable bonds is 11. The van der Waals surface area contributed by atoms with Crippen LogP contribution in [-0.2, 0) is 25.6 Å². The highest BCUT2D eigenvalue weighted by Gasteiger charge is 2.29. The Morgan fingerprint density at radius 2 is 1.59 bits per heavy atom. The van der Waals surface area contributed by atoms with Gasteiger partial charge in [0.25, 0.3) is 0 Å². The number of aliphatic hydroxyl groups excluding tert-OH is 2. The Hall–Kier alpha value is -3.48. The van der Waals surface area contributed by atoms with Gasteiger partial charge in [0.05, 0.1) is 13.2 Å². The van der Waals surface area contributed by atoms with Crippen molar-refractivity contribution in [1.29, 1.82) is 0 Å². The number of H-pyrrole nitrogens is 1. The van der Waals surface area contributed by atoms with Crippen molar-refractivity contribution in [2.75, 3.05) is 13.2 Å².